The number of phenols is 1. The van der Waals surface area contributed by atoms with Gasteiger partial charge in [0.15, 0.2) is 0 Å². The van der Waals surface area contributed by atoms with Crippen molar-refractivity contribution in [2.45, 2.75) is 42.0 Å². The van der Waals surface area contributed by atoms with Gasteiger partial charge in [-0.2, -0.15) is 13.2 Å². The molecule has 1 fully saturated rings. The van der Waals surface area contributed by atoms with Crippen molar-refractivity contribution >= 4 is 11.9 Å². The van der Waals surface area contributed by atoms with Gasteiger partial charge < -0.3 is 15.7 Å². The third-order valence-corrected chi connectivity index (χ3v) is 7.57. The number of likely N-dealkylation sites (tertiary alicyclic amines) is 1. The molecule has 2 bridgehead atoms. The lowest BCUT2D eigenvalue weighted by Crippen LogP contribution is -2.72. The van der Waals surface area contributed by atoms with Gasteiger partial charge in [-0.05, 0) is 79.8 Å². The molecule has 162 valence electrons. The van der Waals surface area contributed by atoms with Crippen molar-refractivity contribution in [1.29, 1.82) is 0 Å². The topological polar surface area (TPSA) is 52.7 Å². The molecular formula is C22H26F3N3OS. The van der Waals surface area contributed by atoms with Crippen molar-refractivity contribution < 1.29 is 18.3 Å². The van der Waals surface area contributed by atoms with Crippen LogP contribution in [0.25, 0.3) is 0 Å². The summed E-state index contributed by atoms with van der Waals surface area (Å²) < 4.78 is 41.4. The molecule has 1 unspecified atom stereocenters. The first kappa shape index (κ1) is 21.5. The van der Waals surface area contributed by atoms with E-state index < -0.39 is 17.3 Å². The number of aromatic hydroxyl groups is 1. The molecule has 0 aromatic heterocycles. The molecule has 8 heteroatoms. The Morgan fingerprint density at radius 3 is 2.67 bits per heavy atom. The first-order chi connectivity index (χ1) is 14.0. The van der Waals surface area contributed by atoms with Crippen LogP contribution >= 0.6 is 11.9 Å². The highest BCUT2D eigenvalue weighted by Gasteiger charge is 2.56. The monoisotopic (exact) mass is 437 g/mol. The maximum atomic E-state index is 13.1. The minimum absolute atomic E-state index is 0.0918. The maximum Gasteiger partial charge on any atom is 0.416 e. The summed E-state index contributed by atoms with van der Waals surface area (Å²) in [5.74, 6) is 0.268. The van der Waals surface area contributed by atoms with Crippen LogP contribution < -0.4 is 5.73 Å². The number of phenolic OH excluding ortho intramolecular Hbond substituents is 1. The number of nitrogens with two attached hydrogens (primary N) is 1. The van der Waals surface area contributed by atoms with Gasteiger partial charge in [-0.25, -0.2) is 4.31 Å². The molecule has 0 saturated carbocycles. The molecular weight excluding hydrogens is 411 g/mol. The average Bonchev–Trinajstić information content (AvgIpc) is 2.66. The molecule has 0 radical (unpaired) electrons. The predicted molar refractivity (Wildman–Crippen MR) is 112 cm³/mol. The van der Waals surface area contributed by atoms with Crippen LogP contribution in [0.1, 0.15) is 23.6 Å². The molecule has 4 rings (SSSR count). The zero-order chi connectivity index (χ0) is 21.8. The number of likely N-dealkylation sites (N-methyl/N-ethyl adjacent to an activating group) is 2. The summed E-state index contributed by atoms with van der Waals surface area (Å²) in [5.41, 5.74) is 7.77. The van der Waals surface area contributed by atoms with Crippen LogP contribution in [0.15, 0.2) is 47.4 Å². The third kappa shape index (κ3) is 3.49. The Bertz CT molecular complexity index is 953. The van der Waals surface area contributed by atoms with Crippen molar-refractivity contribution in [2.75, 3.05) is 20.6 Å². The van der Waals surface area contributed by atoms with Crippen molar-refractivity contribution in [3.8, 4) is 5.75 Å². The second-order valence-corrected chi connectivity index (χ2v) is 9.72. The second kappa shape index (κ2) is 7.44. The van der Waals surface area contributed by atoms with Gasteiger partial charge in [-0.3, -0.25) is 0 Å². The Balaban J connectivity index is 1.72. The molecule has 1 aliphatic heterocycles. The number of benzene rings is 2. The van der Waals surface area contributed by atoms with E-state index in [4.69, 9.17) is 5.73 Å². The van der Waals surface area contributed by atoms with Gasteiger partial charge in [0.2, 0.25) is 0 Å². The number of hydrogen-bond donors (Lipinski definition) is 2. The summed E-state index contributed by atoms with van der Waals surface area (Å²) in [6.07, 6.45) is -3.60. The van der Waals surface area contributed by atoms with E-state index in [0.29, 0.717) is 4.90 Å². The minimum Gasteiger partial charge on any atom is -0.508 e. The first-order valence-corrected chi connectivity index (χ1v) is 10.7. The van der Waals surface area contributed by atoms with E-state index in [1.54, 1.807) is 18.2 Å². The van der Waals surface area contributed by atoms with Gasteiger partial charge in [0.1, 0.15) is 5.75 Å². The highest BCUT2D eigenvalue weighted by molar-refractivity contribution is 7.97. The summed E-state index contributed by atoms with van der Waals surface area (Å²) in [4.78, 5) is 2.81. The highest BCUT2D eigenvalue weighted by Crippen LogP contribution is 2.48. The molecule has 1 aliphatic carbocycles. The summed E-state index contributed by atoms with van der Waals surface area (Å²) in [6.45, 7) is 2.91. The largest absolute Gasteiger partial charge is 0.508 e. The summed E-state index contributed by atoms with van der Waals surface area (Å²) in [7, 11) is 3.96. The lowest BCUT2D eigenvalue weighted by Gasteiger charge is -2.59. The maximum absolute atomic E-state index is 13.1. The van der Waals surface area contributed by atoms with Crippen LogP contribution in [0.5, 0.6) is 5.75 Å². The van der Waals surface area contributed by atoms with E-state index in [9.17, 15) is 18.3 Å². The van der Waals surface area contributed by atoms with Crippen molar-refractivity contribution in [3.63, 3.8) is 0 Å². The smallest absolute Gasteiger partial charge is 0.416 e. The Morgan fingerprint density at radius 2 is 1.97 bits per heavy atom. The molecule has 0 spiro atoms. The standard InChI is InChI=1S/C22H26F3N3OS/c1-13-12-27(2)19-9-14-7-8-16(29)11-18(14)21(13,26)20(19)28(3)30-17-6-4-5-15(10-17)22(23,24)25/h4-8,10-11,13,19-20,29H,9,12,26H2,1-3H3/t13-,19-,20?,21-/m1/s1. The van der Waals surface area contributed by atoms with Gasteiger partial charge in [0.05, 0.1) is 17.1 Å². The number of nitrogens with zero attached hydrogens (tertiary/aromatic N) is 2. The van der Waals surface area contributed by atoms with Gasteiger partial charge in [0, 0.05) is 17.5 Å². The Kier molecular flexibility index (Phi) is 5.33. The number of halogens is 3. The lowest BCUT2D eigenvalue weighted by atomic mass is 9.62. The van der Waals surface area contributed by atoms with Gasteiger partial charge in [-0.15, -0.1) is 0 Å². The summed E-state index contributed by atoms with van der Waals surface area (Å²) in [6, 6.07) is 10.7. The van der Waals surface area contributed by atoms with Crippen molar-refractivity contribution in [2.24, 2.45) is 11.7 Å². The number of fused-ring (bicyclic) bond motifs is 4. The molecule has 3 N–H and O–H groups in total. The van der Waals surface area contributed by atoms with Crippen LogP contribution in [0.2, 0.25) is 0 Å². The van der Waals surface area contributed by atoms with Crippen molar-refractivity contribution in [3.05, 3.63) is 59.2 Å². The first-order valence-electron chi connectivity index (χ1n) is 9.91. The van der Waals surface area contributed by atoms with E-state index in [2.05, 4.69) is 18.9 Å². The van der Waals surface area contributed by atoms with E-state index in [0.717, 1.165) is 30.2 Å². The van der Waals surface area contributed by atoms with Gasteiger partial charge in [0.25, 0.3) is 0 Å². The van der Waals surface area contributed by atoms with E-state index in [1.165, 1.54) is 24.1 Å². The fraction of sp³-hybridized carbons (Fsp3) is 0.455. The molecule has 30 heavy (non-hydrogen) atoms. The quantitative estimate of drug-likeness (QED) is 0.709. The summed E-state index contributed by atoms with van der Waals surface area (Å²) in [5, 5.41) is 10.1. The Hall–Kier alpha value is -1.74. The number of rotatable bonds is 3. The third-order valence-electron chi connectivity index (χ3n) is 6.59. The molecule has 0 amide bonds. The lowest BCUT2D eigenvalue weighted by molar-refractivity contribution is -0.137. The van der Waals surface area contributed by atoms with Gasteiger partial charge in [-0.1, -0.05) is 19.1 Å². The Morgan fingerprint density at radius 1 is 1.23 bits per heavy atom. The summed E-state index contributed by atoms with van der Waals surface area (Å²) >= 11 is 1.28. The van der Waals surface area contributed by atoms with Gasteiger partial charge >= 0.3 is 6.18 Å². The molecule has 1 heterocycles. The normalized spacial score (nSPS) is 29.1. The zero-order valence-corrected chi connectivity index (χ0v) is 18.0. The van der Waals surface area contributed by atoms with Crippen LogP contribution in [0.4, 0.5) is 13.2 Å². The highest BCUT2D eigenvalue weighted by atomic mass is 32.2. The zero-order valence-electron chi connectivity index (χ0n) is 17.1. The van der Waals surface area contributed by atoms with Crippen molar-refractivity contribution in [1.82, 2.24) is 9.21 Å². The molecule has 2 aliphatic rings. The van der Waals surface area contributed by atoms with E-state index >= 15 is 0 Å². The molecule has 4 nitrogen and oxygen atoms in total. The van der Waals surface area contributed by atoms with Crippen LogP contribution in [0.3, 0.4) is 0 Å². The minimum atomic E-state index is -4.38. The molecule has 2 aromatic rings. The number of hydrogen-bond acceptors (Lipinski definition) is 5. The fourth-order valence-electron chi connectivity index (χ4n) is 5.13. The molecule has 1 saturated heterocycles. The van der Waals surface area contributed by atoms with Crippen LogP contribution in [-0.4, -0.2) is 47.0 Å². The second-order valence-electron chi connectivity index (χ2n) is 8.49. The van der Waals surface area contributed by atoms with E-state index in [-0.39, 0.29) is 23.8 Å². The fourth-order valence-corrected chi connectivity index (χ4v) is 6.21. The molecule has 4 atom stereocenters. The van der Waals surface area contributed by atoms with Crippen LogP contribution in [-0.2, 0) is 18.1 Å². The predicted octanol–water partition coefficient (Wildman–Crippen LogP) is 4.08. The SMILES string of the molecule is C[C@@H]1CN(C)[C@@H]2Cc3ccc(O)cc3[C@@]1(N)C2N(C)Sc1cccc(C(F)(F)F)c1. The number of piperidine rings is 1. The van der Waals surface area contributed by atoms with E-state index in [1.807, 2.05) is 17.4 Å². The number of alkyl halides is 3. The Labute approximate surface area is 179 Å². The molecule has 2 aromatic carbocycles. The average molecular weight is 438 g/mol. The van der Waals surface area contributed by atoms with Crippen LogP contribution in [0, 0.1) is 5.92 Å².